The largest absolute Gasteiger partial charge is 0.380 e. The summed E-state index contributed by atoms with van der Waals surface area (Å²) < 4.78 is 4.94. The molecule has 0 unspecified atom stereocenters. The average molecular weight is 183 g/mol. The number of hydrogen-bond donors (Lipinski definition) is 1. The van der Waals surface area contributed by atoms with Gasteiger partial charge < -0.3 is 4.74 Å². The third-order valence-corrected chi connectivity index (χ3v) is 2.04. The lowest BCUT2D eigenvalue weighted by atomic mass is 10.1. The van der Waals surface area contributed by atoms with E-state index in [1.807, 2.05) is 6.92 Å². The van der Waals surface area contributed by atoms with Crippen LogP contribution in [0.5, 0.6) is 0 Å². The van der Waals surface area contributed by atoms with Gasteiger partial charge in [-0.15, -0.1) is 0 Å². The lowest BCUT2D eigenvalue weighted by molar-refractivity contribution is -0.124. The smallest absolute Gasteiger partial charge is 0.254 e. The first-order valence-corrected chi connectivity index (χ1v) is 4.23. The fourth-order valence-electron chi connectivity index (χ4n) is 1.35. The standard InChI is InChI=1S/C9H13NO3/c1-3-6(5-13-2)7-4-8(11)10-9(7)12/h3-5H2,1-2H3,(H,10,11,12)/b7-6+. The van der Waals surface area contributed by atoms with Gasteiger partial charge in [0.25, 0.3) is 5.91 Å². The highest BCUT2D eigenvalue weighted by Crippen LogP contribution is 2.17. The van der Waals surface area contributed by atoms with E-state index in [0.717, 1.165) is 12.0 Å². The number of amides is 2. The van der Waals surface area contributed by atoms with Gasteiger partial charge >= 0.3 is 0 Å². The van der Waals surface area contributed by atoms with Gasteiger partial charge in [-0.1, -0.05) is 6.92 Å². The Kier molecular flexibility index (Phi) is 3.19. The Bertz CT molecular complexity index is 268. The fourth-order valence-corrected chi connectivity index (χ4v) is 1.35. The molecular weight excluding hydrogens is 170 g/mol. The normalized spacial score (nSPS) is 20.5. The van der Waals surface area contributed by atoms with Crippen LogP contribution in [0.3, 0.4) is 0 Å². The molecule has 1 rings (SSSR count). The zero-order chi connectivity index (χ0) is 9.84. The van der Waals surface area contributed by atoms with Crippen molar-refractivity contribution >= 4 is 11.8 Å². The summed E-state index contributed by atoms with van der Waals surface area (Å²) in [6, 6.07) is 0. The highest BCUT2D eigenvalue weighted by molar-refractivity contribution is 6.13. The zero-order valence-corrected chi connectivity index (χ0v) is 7.85. The Labute approximate surface area is 76.9 Å². The number of imide groups is 1. The second-order valence-electron chi connectivity index (χ2n) is 2.92. The second kappa shape index (κ2) is 4.18. The van der Waals surface area contributed by atoms with Crippen molar-refractivity contribution in [3.63, 3.8) is 0 Å². The predicted octanol–water partition coefficient (Wildman–Crippen LogP) is 0.386. The van der Waals surface area contributed by atoms with Gasteiger partial charge in [0, 0.05) is 12.7 Å². The van der Waals surface area contributed by atoms with E-state index in [2.05, 4.69) is 5.32 Å². The van der Waals surface area contributed by atoms with Crippen molar-refractivity contribution in [2.45, 2.75) is 19.8 Å². The van der Waals surface area contributed by atoms with Crippen molar-refractivity contribution in [2.75, 3.05) is 13.7 Å². The van der Waals surface area contributed by atoms with Crippen molar-refractivity contribution in [1.82, 2.24) is 5.32 Å². The van der Waals surface area contributed by atoms with E-state index in [1.54, 1.807) is 7.11 Å². The quantitative estimate of drug-likeness (QED) is 0.508. The average Bonchev–Trinajstić information content (AvgIpc) is 2.41. The molecule has 1 heterocycles. The summed E-state index contributed by atoms with van der Waals surface area (Å²) >= 11 is 0. The van der Waals surface area contributed by atoms with Crippen molar-refractivity contribution in [2.24, 2.45) is 0 Å². The highest BCUT2D eigenvalue weighted by Gasteiger charge is 2.26. The number of ether oxygens (including phenoxy) is 1. The molecule has 0 aromatic carbocycles. The Hall–Kier alpha value is -1.16. The van der Waals surface area contributed by atoms with Crippen molar-refractivity contribution < 1.29 is 14.3 Å². The molecule has 0 saturated carbocycles. The minimum Gasteiger partial charge on any atom is -0.380 e. The molecular formula is C9H13NO3. The minimum atomic E-state index is -0.265. The lowest BCUT2D eigenvalue weighted by Crippen LogP contribution is -2.20. The zero-order valence-electron chi connectivity index (χ0n) is 7.85. The molecule has 2 amide bonds. The van der Waals surface area contributed by atoms with Crippen LogP contribution < -0.4 is 5.32 Å². The highest BCUT2D eigenvalue weighted by atomic mass is 16.5. The number of methoxy groups -OCH3 is 1. The summed E-state index contributed by atoms with van der Waals surface area (Å²) in [5, 5.41) is 2.25. The van der Waals surface area contributed by atoms with Crippen molar-refractivity contribution in [3.8, 4) is 0 Å². The van der Waals surface area contributed by atoms with E-state index in [-0.39, 0.29) is 18.2 Å². The molecule has 0 aromatic heterocycles. The molecule has 0 aliphatic carbocycles. The molecule has 0 atom stereocenters. The Morgan fingerprint density at radius 1 is 1.54 bits per heavy atom. The molecule has 0 spiro atoms. The maximum atomic E-state index is 11.2. The molecule has 1 fully saturated rings. The van der Waals surface area contributed by atoms with Gasteiger partial charge in [0.15, 0.2) is 0 Å². The third kappa shape index (κ3) is 2.15. The van der Waals surface area contributed by atoms with Crippen molar-refractivity contribution in [3.05, 3.63) is 11.1 Å². The van der Waals surface area contributed by atoms with Gasteiger partial charge in [-0.25, -0.2) is 0 Å². The molecule has 0 aromatic rings. The van der Waals surface area contributed by atoms with E-state index in [1.165, 1.54) is 0 Å². The summed E-state index contributed by atoms with van der Waals surface area (Å²) in [6.45, 7) is 2.37. The van der Waals surface area contributed by atoms with Gasteiger partial charge in [-0.05, 0) is 12.0 Å². The molecule has 1 aliphatic heterocycles. The summed E-state index contributed by atoms with van der Waals surface area (Å²) in [6.07, 6.45) is 0.940. The number of hydrogen-bond acceptors (Lipinski definition) is 3. The molecule has 1 saturated heterocycles. The molecule has 72 valence electrons. The summed E-state index contributed by atoms with van der Waals surface area (Å²) in [5.41, 5.74) is 1.49. The lowest BCUT2D eigenvalue weighted by Gasteiger charge is -2.04. The van der Waals surface area contributed by atoms with Crippen LogP contribution >= 0.6 is 0 Å². The SMILES string of the molecule is CC/C(COC)=C1/CC(=O)NC1=O. The number of carbonyl (C=O) groups is 2. The first kappa shape index (κ1) is 9.92. The molecule has 4 heteroatoms. The number of nitrogens with one attached hydrogen (secondary N) is 1. The third-order valence-electron chi connectivity index (χ3n) is 2.04. The number of rotatable bonds is 3. The van der Waals surface area contributed by atoms with E-state index < -0.39 is 0 Å². The molecule has 0 radical (unpaired) electrons. The van der Waals surface area contributed by atoms with E-state index in [0.29, 0.717) is 12.2 Å². The van der Waals surface area contributed by atoms with Gasteiger partial charge in [0.1, 0.15) is 0 Å². The van der Waals surface area contributed by atoms with Crippen LogP contribution in [0.2, 0.25) is 0 Å². The van der Waals surface area contributed by atoms with Crippen LogP contribution in [0.4, 0.5) is 0 Å². The number of carbonyl (C=O) groups excluding carboxylic acids is 2. The minimum absolute atomic E-state index is 0.200. The first-order chi connectivity index (χ1) is 6.19. The monoisotopic (exact) mass is 183 g/mol. The summed E-state index contributed by atoms with van der Waals surface area (Å²) in [5.74, 6) is -0.485. The van der Waals surface area contributed by atoms with Gasteiger partial charge in [-0.2, -0.15) is 0 Å². The predicted molar refractivity (Wildman–Crippen MR) is 47.0 cm³/mol. The van der Waals surface area contributed by atoms with Gasteiger partial charge in [0.05, 0.1) is 13.0 Å². The maximum Gasteiger partial charge on any atom is 0.254 e. The van der Waals surface area contributed by atoms with E-state index in [4.69, 9.17) is 4.74 Å². The van der Waals surface area contributed by atoms with E-state index in [9.17, 15) is 9.59 Å². The molecule has 13 heavy (non-hydrogen) atoms. The molecule has 1 N–H and O–H groups in total. The maximum absolute atomic E-state index is 11.2. The second-order valence-corrected chi connectivity index (χ2v) is 2.92. The van der Waals surface area contributed by atoms with Gasteiger partial charge in [0.2, 0.25) is 5.91 Å². The van der Waals surface area contributed by atoms with Crippen LogP contribution in [-0.4, -0.2) is 25.5 Å². The Balaban J connectivity index is 2.87. The summed E-state index contributed by atoms with van der Waals surface area (Å²) in [7, 11) is 1.57. The van der Waals surface area contributed by atoms with Gasteiger partial charge in [-0.3, -0.25) is 14.9 Å². The van der Waals surface area contributed by atoms with Crippen LogP contribution in [0, 0.1) is 0 Å². The Morgan fingerprint density at radius 2 is 2.23 bits per heavy atom. The molecule has 1 aliphatic rings. The van der Waals surface area contributed by atoms with Crippen LogP contribution in [0.15, 0.2) is 11.1 Å². The van der Waals surface area contributed by atoms with Crippen molar-refractivity contribution in [1.29, 1.82) is 0 Å². The Morgan fingerprint density at radius 3 is 2.62 bits per heavy atom. The first-order valence-electron chi connectivity index (χ1n) is 4.23. The molecule has 4 nitrogen and oxygen atoms in total. The van der Waals surface area contributed by atoms with E-state index >= 15 is 0 Å². The summed E-state index contributed by atoms with van der Waals surface area (Å²) in [4.78, 5) is 22.1. The van der Waals surface area contributed by atoms with Crippen LogP contribution in [-0.2, 0) is 14.3 Å². The molecule has 0 bridgehead atoms. The van der Waals surface area contributed by atoms with Crippen LogP contribution in [0.25, 0.3) is 0 Å². The topological polar surface area (TPSA) is 55.4 Å². The van der Waals surface area contributed by atoms with Crippen LogP contribution in [0.1, 0.15) is 19.8 Å². The fraction of sp³-hybridized carbons (Fsp3) is 0.556.